The predicted molar refractivity (Wildman–Crippen MR) is 80.4 cm³/mol. The number of hydrogen-bond acceptors (Lipinski definition) is 4. The first-order valence-electron chi connectivity index (χ1n) is 7.58. The largest absolute Gasteiger partial charge is 0.481 e. The second kappa shape index (κ2) is 5.47. The van der Waals surface area contributed by atoms with Gasteiger partial charge in [0.1, 0.15) is 12.1 Å². The van der Waals surface area contributed by atoms with Crippen LogP contribution in [0.3, 0.4) is 0 Å². The molecule has 0 unspecified atom stereocenters. The molecule has 0 spiro atoms. The van der Waals surface area contributed by atoms with Crippen molar-refractivity contribution in [3.8, 4) is 0 Å². The maximum Gasteiger partial charge on any atom is 0.311 e. The average Bonchev–Trinajstić information content (AvgIpc) is 2.96. The van der Waals surface area contributed by atoms with Crippen molar-refractivity contribution < 1.29 is 9.90 Å². The highest BCUT2D eigenvalue weighted by Crippen LogP contribution is 2.38. The zero-order valence-corrected chi connectivity index (χ0v) is 12.2. The van der Waals surface area contributed by atoms with Crippen LogP contribution in [0.5, 0.6) is 0 Å². The van der Waals surface area contributed by atoms with E-state index < -0.39 is 11.4 Å². The third-order valence-electron chi connectivity index (χ3n) is 4.72. The third-order valence-corrected chi connectivity index (χ3v) is 4.72. The van der Waals surface area contributed by atoms with Crippen LogP contribution in [-0.2, 0) is 17.6 Å². The van der Waals surface area contributed by atoms with Gasteiger partial charge in [-0.15, -0.1) is 6.58 Å². The molecule has 21 heavy (non-hydrogen) atoms. The van der Waals surface area contributed by atoms with E-state index >= 15 is 0 Å². The number of fused-ring (bicyclic) bond motifs is 1. The SMILES string of the molecule is C=CC[C@]1(C(=O)O)CCCN(c2ncnc3c2CCC3)C1. The number of hydrogen-bond donors (Lipinski definition) is 1. The fourth-order valence-corrected chi connectivity index (χ4v) is 3.63. The van der Waals surface area contributed by atoms with Gasteiger partial charge in [-0.1, -0.05) is 6.08 Å². The van der Waals surface area contributed by atoms with E-state index in [0.717, 1.165) is 43.7 Å². The first-order valence-corrected chi connectivity index (χ1v) is 7.58. The van der Waals surface area contributed by atoms with E-state index in [0.29, 0.717) is 19.4 Å². The molecule has 0 saturated carbocycles. The van der Waals surface area contributed by atoms with Gasteiger partial charge < -0.3 is 10.0 Å². The molecule has 0 aromatic carbocycles. The molecule has 1 aromatic heterocycles. The highest BCUT2D eigenvalue weighted by Gasteiger charge is 2.42. The number of carboxylic acid groups (broad SMARTS) is 1. The number of piperidine rings is 1. The van der Waals surface area contributed by atoms with Gasteiger partial charge in [0.25, 0.3) is 0 Å². The summed E-state index contributed by atoms with van der Waals surface area (Å²) < 4.78 is 0. The summed E-state index contributed by atoms with van der Waals surface area (Å²) in [5.41, 5.74) is 1.63. The van der Waals surface area contributed by atoms with Crippen molar-refractivity contribution in [2.45, 2.75) is 38.5 Å². The maximum atomic E-state index is 11.8. The van der Waals surface area contributed by atoms with Crippen LogP contribution in [-0.4, -0.2) is 34.1 Å². The van der Waals surface area contributed by atoms with E-state index in [4.69, 9.17) is 0 Å². The number of aliphatic carboxylic acids is 1. The molecular weight excluding hydrogens is 266 g/mol. The molecule has 1 aliphatic heterocycles. The summed E-state index contributed by atoms with van der Waals surface area (Å²) in [6, 6.07) is 0. The molecule has 2 aliphatic rings. The summed E-state index contributed by atoms with van der Waals surface area (Å²) in [6.07, 6.45) is 8.56. The molecular formula is C16H21N3O2. The molecule has 1 atom stereocenters. The summed E-state index contributed by atoms with van der Waals surface area (Å²) in [5.74, 6) is 0.227. The summed E-state index contributed by atoms with van der Waals surface area (Å²) in [6.45, 7) is 5.11. The van der Waals surface area contributed by atoms with Crippen molar-refractivity contribution in [3.63, 3.8) is 0 Å². The Morgan fingerprint density at radius 2 is 2.29 bits per heavy atom. The standard InChI is InChI=1S/C16H21N3O2/c1-2-7-16(15(20)21)8-4-9-19(10-16)14-12-5-3-6-13(12)17-11-18-14/h2,11H,1,3-10H2,(H,20,21)/t16-/m0/s1. The first-order chi connectivity index (χ1) is 10.2. The van der Waals surface area contributed by atoms with Crippen molar-refractivity contribution in [1.82, 2.24) is 9.97 Å². The summed E-state index contributed by atoms with van der Waals surface area (Å²) >= 11 is 0. The van der Waals surface area contributed by atoms with E-state index in [9.17, 15) is 9.90 Å². The van der Waals surface area contributed by atoms with Crippen molar-refractivity contribution in [2.24, 2.45) is 5.41 Å². The molecule has 0 bridgehead atoms. The highest BCUT2D eigenvalue weighted by atomic mass is 16.4. The van der Waals surface area contributed by atoms with Crippen LogP contribution >= 0.6 is 0 Å². The van der Waals surface area contributed by atoms with Crippen LogP contribution in [0.2, 0.25) is 0 Å². The minimum atomic E-state index is -0.726. The van der Waals surface area contributed by atoms with Gasteiger partial charge in [-0.2, -0.15) is 0 Å². The Hall–Kier alpha value is -1.91. The lowest BCUT2D eigenvalue weighted by atomic mass is 9.77. The van der Waals surface area contributed by atoms with E-state index in [1.807, 2.05) is 0 Å². The Bertz CT molecular complexity index is 573. The zero-order chi connectivity index (χ0) is 14.9. The number of carboxylic acids is 1. The number of anilines is 1. The molecule has 2 heterocycles. The number of aryl methyl sites for hydroxylation is 1. The molecule has 5 nitrogen and oxygen atoms in total. The molecule has 3 rings (SSSR count). The Morgan fingerprint density at radius 3 is 3.05 bits per heavy atom. The average molecular weight is 287 g/mol. The number of rotatable bonds is 4. The van der Waals surface area contributed by atoms with Gasteiger partial charge in [-0.25, -0.2) is 9.97 Å². The van der Waals surface area contributed by atoms with Gasteiger partial charge in [-0.05, 0) is 38.5 Å². The quantitative estimate of drug-likeness (QED) is 0.860. The molecule has 1 aliphatic carbocycles. The molecule has 0 radical (unpaired) electrons. The van der Waals surface area contributed by atoms with Gasteiger partial charge in [0.05, 0.1) is 5.41 Å². The minimum Gasteiger partial charge on any atom is -0.481 e. The summed E-state index contributed by atoms with van der Waals surface area (Å²) in [5, 5.41) is 9.67. The molecule has 0 amide bonds. The van der Waals surface area contributed by atoms with Gasteiger partial charge in [0, 0.05) is 24.3 Å². The fourth-order valence-electron chi connectivity index (χ4n) is 3.63. The molecule has 1 fully saturated rings. The van der Waals surface area contributed by atoms with E-state index in [-0.39, 0.29) is 0 Å². The lowest BCUT2D eigenvalue weighted by Gasteiger charge is -2.40. The van der Waals surface area contributed by atoms with Crippen molar-refractivity contribution in [2.75, 3.05) is 18.0 Å². The van der Waals surface area contributed by atoms with Crippen molar-refractivity contribution in [3.05, 3.63) is 30.2 Å². The van der Waals surface area contributed by atoms with Gasteiger partial charge in [0.2, 0.25) is 0 Å². The molecule has 1 saturated heterocycles. The van der Waals surface area contributed by atoms with Crippen molar-refractivity contribution >= 4 is 11.8 Å². The van der Waals surface area contributed by atoms with Gasteiger partial charge in [0.15, 0.2) is 0 Å². The lowest BCUT2D eigenvalue weighted by molar-refractivity contribution is -0.149. The van der Waals surface area contributed by atoms with Crippen LogP contribution in [0.1, 0.15) is 36.9 Å². The molecule has 1 aromatic rings. The van der Waals surface area contributed by atoms with Crippen LogP contribution in [0.15, 0.2) is 19.0 Å². The molecule has 1 N–H and O–H groups in total. The number of allylic oxidation sites excluding steroid dienone is 1. The Kier molecular flexibility index (Phi) is 3.66. The maximum absolute atomic E-state index is 11.8. The smallest absolute Gasteiger partial charge is 0.311 e. The Morgan fingerprint density at radius 1 is 1.43 bits per heavy atom. The normalized spacial score (nSPS) is 24.7. The van der Waals surface area contributed by atoms with Gasteiger partial charge >= 0.3 is 5.97 Å². The van der Waals surface area contributed by atoms with Gasteiger partial charge in [-0.3, -0.25) is 4.79 Å². The lowest BCUT2D eigenvalue weighted by Crippen LogP contribution is -2.48. The van der Waals surface area contributed by atoms with E-state index in [1.165, 1.54) is 5.56 Å². The zero-order valence-electron chi connectivity index (χ0n) is 12.2. The third kappa shape index (κ3) is 2.41. The fraction of sp³-hybridized carbons (Fsp3) is 0.562. The summed E-state index contributed by atoms with van der Waals surface area (Å²) in [7, 11) is 0. The number of carbonyl (C=O) groups is 1. The van der Waals surface area contributed by atoms with Crippen LogP contribution in [0.4, 0.5) is 5.82 Å². The number of nitrogens with zero attached hydrogens (tertiary/aromatic N) is 3. The number of aromatic nitrogens is 2. The second-order valence-corrected chi connectivity index (χ2v) is 6.08. The Balaban J connectivity index is 1.91. The van der Waals surface area contributed by atoms with Crippen LogP contribution in [0.25, 0.3) is 0 Å². The molecule has 5 heteroatoms. The molecule has 112 valence electrons. The van der Waals surface area contributed by atoms with Crippen LogP contribution in [0, 0.1) is 5.41 Å². The van der Waals surface area contributed by atoms with E-state index in [2.05, 4.69) is 21.4 Å². The van der Waals surface area contributed by atoms with Crippen molar-refractivity contribution in [1.29, 1.82) is 0 Å². The van der Waals surface area contributed by atoms with Crippen LogP contribution < -0.4 is 4.90 Å². The topological polar surface area (TPSA) is 66.3 Å². The summed E-state index contributed by atoms with van der Waals surface area (Å²) in [4.78, 5) is 22.7. The second-order valence-electron chi connectivity index (χ2n) is 6.08. The monoisotopic (exact) mass is 287 g/mol. The first kappa shape index (κ1) is 14.0. The highest BCUT2D eigenvalue weighted by molar-refractivity contribution is 5.76. The predicted octanol–water partition coefficient (Wildman–Crippen LogP) is 2.21. The Labute approximate surface area is 124 Å². The van der Waals surface area contributed by atoms with E-state index in [1.54, 1.807) is 12.4 Å². The minimum absolute atomic E-state index is 0.506.